The van der Waals surface area contributed by atoms with Crippen LogP contribution in [0.5, 0.6) is 0 Å². The maximum absolute atomic E-state index is 13.5. The van der Waals surface area contributed by atoms with Gasteiger partial charge in [-0.1, -0.05) is 0 Å². The fourth-order valence-electron chi connectivity index (χ4n) is 3.11. The van der Waals surface area contributed by atoms with Crippen molar-refractivity contribution in [2.75, 3.05) is 43.4 Å². The molecule has 1 N–H and O–H groups in total. The SMILES string of the molecule is CC(=O)Nc1cc(N2CCN(C)CC2)ccc1S(=O)(=O)c1cc(F)cc(F)c1. The molecule has 1 heterocycles. The Morgan fingerprint density at radius 3 is 2.18 bits per heavy atom. The van der Waals surface area contributed by atoms with E-state index in [1.807, 2.05) is 7.05 Å². The Labute approximate surface area is 162 Å². The van der Waals surface area contributed by atoms with Gasteiger partial charge in [0.05, 0.1) is 15.5 Å². The lowest BCUT2D eigenvalue weighted by Gasteiger charge is -2.34. The summed E-state index contributed by atoms with van der Waals surface area (Å²) in [6, 6.07) is 6.68. The van der Waals surface area contributed by atoms with Crippen LogP contribution in [0.3, 0.4) is 0 Å². The molecule has 1 aliphatic heterocycles. The van der Waals surface area contributed by atoms with Crippen LogP contribution in [0.2, 0.25) is 0 Å². The Bertz CT molecular complexity index is 983. The normalized spacial score (nSPS) is 15.5. The first-order chi connectivity index (χ1) is 13.2. The number of amides is 1. The van der Waals surface area contributed by atoms with Crippen LogP contribution >= 0.6 is 0 Å². The van der Waals surface area contributed by atoms with Gasteiger partial charge in [0, 0.05) is 44.9 Å². The largest absolute Gasteiger partial charge is 0.369 e. The number of carbonyl (C=O) groups excluding carboxylic acids is 1. The van der Waals surface area contributed by atoms with E-state index in [0.29, 0.717) is 6.07 Å². The Morgan fingerprint density at radius 1 is 1.00 bits per heavy atom. The lowest BCUT2D eigenvalue weighted by atomic mass is 10.2. The van der Waals surface area contributed by atoms with Crippen molar-refractivity contribution in [1.82, 2.24) is 4.90 Å². The maximum Gasteiger partial charge on any atom is 0.221 e. The van der Waals surface area contributed by atoms with Crippen LogP contribution in [-0.4, -0.2) is 52.5 Å². The monoisotopic (exact) mass is 409 g/mol. The second-order valence-electron chi connectivity index (χ2n) is 6.76. The van der Waals surface area contributed by atoms with Crippen molar-refractivity contribution in [1.29, 1.82) is 0 Å². The second-order valence-corrected chi connectivity index (χ2v) is 8.68. The zero-order valence-electron chi connectivity index (χ0n) is 15.6. The topological polar surface area (TPSA) is 69.7 Å². The first kappa shape index (κ1) is 20.2. The predicted octanol–water partition coefficient (Wildman–Crippen LogP) is 2.51. The van der Waals surface area contributed by atoms with Gasteiger partial charge in [0.15, 0.2) is 0 Å². The van der Waals surface area contributed by atoms with Gasteiger partial charge in [0.25, 0.3) is 0 Å². The molecule has 0 unspecified atom stereocenters. The van der Waals surface area contributed by atoms with E-state index in [0.717, 1.165) is 44.0 Å². The van der Waals surface area contributed by atoms with Crippen LogP contribution in [0.4, 0.5) is 20.2 Å². The minimum Gasteiger partial charge on any atom is -0.369 e. The fraction of sp³-hybridized carbons (Fsp3) is 0.316. The number of likely N-dealkylation sites (N-methyl/N-ethyl adjacent to an activating group) is 1. The van der Waals surface area contributed by atoms with Crippen LogP contribution in [0.25, 0.3) is 0 Å². The average molecular weight is 409 g/mol. The molecule has 28 heavy (non-hydrogen) atoms. The third-order valence-electron chi connectivity index (χ3n) is 4.58. The average Bonchev–Trinajstić information content (AvgIpc) is 2.61. The van der Waals surface area contributed by atoms with Crippen molar-refractivity contribution < 1.29 is 22.0 Å². The van der Waals surface area contributed by atoms with Crippen LogP contribution < -0.4 is 10.2 Å². The molecule has 2 aromatic rings. The number of nitrogens with zero attached hydrogens (tertiary/aromatic N) is 2. The predicted molar refractivity (Wildman–Crippen MR) is 102 cm³/mol. The van der Waals surface area contributed by atoms with E-state index in [4.69, 9.17) is 0 Å². The number of benzene rings is 2. The van der Waals surface area contributed by atoms with Gasteiger partial charge >= 0.3 is 0 Å². The Hall–Kier alpha value is -2.52. The van der Waals surface area contributed by atoms with Crippen molar-refractivity contribution in [3.05, 3.63) is 48.0 Å². The highest BCUT2D eigenvalue weighted by Gasteiger charge is 2.25. The molecular formula is C19H21F2N3O3S. The second kappa shape index (κ2) is 7.84. The quantitative estimate of drug-likeness (QED) is 0.840. The van der Waals surface area contributed by atoms with E-state index in [2.05, 4.69) is 15.1 Å². The van der Waals surface area contributed by atoms with Crippen LogP contribution in [-0.2, 0) is 14.6 Å². The number of halogens is 2. The minimum absolute atomic E-state index is 0.0774. The number of anilines is 2. The smallest absolute Gasteiger partial charge is 0.221 e. The molecule has 0 aliphatic carbocycles. The Kier molecular flexibility index (Phi) is 5.66. The lowest BCUT2D eigenvalue weighted by Crippen LogP contribution is -2.44. The molecule has 3 rings (SSSR count). The van der Waals surface area contributed by atoms with Gasteiger partial charge in [0.1, 0.15) is 11.6 Å². The number of piperazine rings is 1. The standard InChI is InChI=1S/C19H21F2N3O3S/c1-13(25)22-18-12-16(24-7-5-23(2)6-8-24)3-4-19(18)28(26,27)17-10-14(20)9-15(21)11-17/h3-4,9-12H,5-8H2,1-2H3,(H,22,25). The summed E-state index contributed by atoms with van der Waals surface area (Å²) in [4.78, 5) is 15.2. The van der Waals surface area contributed by atoms with Gasteiger partial charge in [0.2, 0.25) is 15.7 Å². The third-order valence-corrected chi connectivity index (χ3v) is 6.37. The summed E-state index contributed by atoms with van der Waals surface area (Å²) in [6.45, 7) is 4.51. The lowest BCUT2D eigenvalue weighted by molar-refractivity contribution is -0.114. The van der Waals surface area contributed by atoms with E-state index in [1.54, 1.807) is 12.1 Å². The molecule has 0 saturated carbocycles. The number of hydrogen-bond donors (Lipinski definition) is 1. The van der Waals surface area contributed by atoms with E-state index < -0.39 is 32.3 Å². The summed E-state index contributed by atoms with van der Waals surface area (Å²) >= 11 is 0. The molecule has 0 bridgehead atoms. The van der Waals surface area contributed by atoms with Crippen LogP contribution in [0, 0.1) is 11.6 Å². The highest BCUT2D eigenvalue weighted by Crippen LogP contribution is 2.32. The summed E-state index contributed by atoms with van der Waals surface area (Å²) in [5, 5.41) is 2.52. The molecule has 0 spiro atoms. The van der Waals surface area contributed by atoms with E-state index in [9.17, 15) is 22.0 Å². The van der Waals surface area contributed by atoms with Crippen LogP contribution in [0.1, 0.15) is 6.92 Å². The zero-order chi connectivity index (χ0) is 20.5. The van der Waals surface area contributed by atoms with Crippen LogP contribution in [0.15, 0.2) is 46.2 Å². The van der Waals surface area contributed by atoms with Crippen molar-refractivity contribution in [2.45, 2.75) is 16.7 Å². The molecule has 1 fully saturated rings. The molecule has 2 aromatic carbocycles. The molecular weight excluding hydrogens is 388 g/mol. The molecule has 1 amide bonds. The minimum atomic E-state index is -4.24. The molecule has 0 radical (unpaired) electrons. The van der Waals surface area contributed by atoms with Gasteiger partial charge in [-0.05, 0) is 37.4 Å². The van der Waals surface area contributed by atoms with Gasteiger partial charge in [-0.25, -0.2) is 17.2 Å². The van der Waals surface area contributed by atoms with E-state index >= 15 is 0 Å². The molecule has 0 atom stereocenters. The fourth-order valence-corrected chi connectivity index (χ4v) is 4.55. The van der Waals surface area contributed by atoms with Gasteiger partial charge in [-0.3, -0.25) is 4.79 Å². The summed E-state index contributed by atoms with van der Waals surface area (Å²) in [5.74, 6) is -2.43. The van der Waals surface area contributed by atoms with E-state index in [1.165, 1.54) is 13.0 Å². The molecule has 1 saturated heterocycles. The van der Waals surface area contributed by atoms with Crippen molar-refractivity contribution in [2.24, 2.45) is 0 Å². The molecule has 1 aliphatic rings. The number of sulfone groups is 1. The molecule has 0 aromatic heterocycles. The first-order valence-corrected chi connectivity index (χ1v) is 10.2. The molecule has 6 nitrogen and oxygen atoms in total. The molecule has 9 heteroatoms. The summed E-state index contributed by atoms with van der Waals surface area (Å²) < 4.78 is 53.0. The number of carbonyl (C=O) groups is 1. The highest BCUT2D eigenvalue weighted by molar-refractivity contribution is 7.91. The maximum atomic E-state index is 13.5. The molecule has 150 valence electrons. The highest BCUT2D eigenvalue weighted by atomic mass is 32.2. The first-order valence-electron chi connectivity index (χ1n) is 8.73. The third kappa shape index (κ3) is 4.31. The summed E-state index contributed by atoms with van der Waals surface area (Å²) in [7, 11) is -2.22. The van der Waals surface area contributed by atoms with Crippen molar-refractivity contribution >= 4 is 27.1 Å². The van der Waals surface area contributed by atoms with Crippen molar-refractivity contribution in [3.63, 3.8) is 0 Å². The Balaban J connectivity index is 2.05. The van der Waals surface area contributed by atoms with Gasteiger partial charge in [-0.2, -0.15) is 0 Å². The van der Waals surface area contributed by atoms with Gasteiger partial charge in [-0.15, -0.1) is 0 Å². The van der Waals surface area contributed by atoms with E-state index in [-0.39, 0.29) is 10.6 Å². The number of nitrogens with one attached hydrogen (secondary N) is 1. The summed E-state index contributed by atoms with van der Waals surface area (Å²) in [5.41, 5.74) is 0.842. The zero-order valence-corrected chi connectivity index (χ0v) is 16.4. The number of rotatable bonds is 4. The van der Waals surface area contributed by atoms with Crippen molar-refractivity contribution in [3.8, 4) is 0 Å². The number of hydrogen-bond acceptors (Lipinski definition) is 5. The van der Waals surface area contributed by atoms with Gasteiger partial charge < -0.3 is 15.1 Å². The summed E-state index contributed by atoms with van der Waals surface area (Å²) in [6.07, 6.45) is 0. The Morgan fingerprint density at radius 2 is 1.61 bits per heavy atom.